The van der Waals surface area contributed by atoms with Crippen molar-refractivity contribution in [2.45, 2.75) is 38.2 Å². The first-order valence-corrected chi connectivity index (χ1v) is 7.19. The van der Waals surface area contributed by atoms with Crippen LogP contribution in [0.2, 0.25) is 0 Å². The largest absolute Gasteiger partial charge is 0.390 e. The van der Waals surface area contributed by atoms with Crippen molar-refractivity contribution in [1.29, 1.82) is 0 Å². The molecule has 0 radical (unpaired) electrons. The van der Waals surface area contributed by atoms with Crippen molar-refractivity contribution in [2.75, 3.05) is 0 Å². The van der Waals surface area contributed by atoms with Crippen molar-refractivity contribution in [3.05, 3.63) is 35.2 Å². The molecule has 17 heavy (non-hydrogen) atoms. The Morgan fingerprint density at radius 2 is 2.12 bits per heavy atom. The van der Waals surface area contributed by atoms with E-state index in [4.69, 9.17) is 0 Å². The quantitative estimate of drug-likeness (QED) is 0.864. The van der Waals surface area contributed by atoms with E-state index in [1.54, 1.807) is 11.3 Å². The maximum absolute atomic E-state index is 10.5. The van der Waals surface area contributed by atoms with Crippen molar-refractivity contribution in [2.24, 2.45) is 5.92 Å². The molecule has 1 aliphatic carbocycles. The second-order valence-corrected chi connectivity index (χ2v) is 6.49. The fraction of sp³-hybridized carbons (Fsp3) is 0.467. The average molecular weight is 246 g/mol. The summed E-state index contributed by atoms with van der Waals surface area (Å²) >= 11 is 1.78. The van der Waals surface area contributed by atoms with Crippen molar-refractivity contribution >= 4 is 21.4 Å². The van der Waals surface area contributed by atoms with Gasteiger partial charge in [-0.2, -0.15) is 0 Å². The maximum atomic E-state index is 10.5. The van der Waals surface area contributed by atoms with Gasteiger partial charge in [-0.25, -0.2) is 0 Å². The lowest BCUT2D eigenvalue weighted by Gasteiger charge is -2.22. The van der Waals surface area contributed by atoms with Crippen LogP contribution in [0, 0.1) is 5.92 Å². The number of benzene rings is 1. The first kappa shape index (κ1) is 11.2. The van der Waals surface area contributed by atoms with Crippen LogP contribution in [0.5, 0.6) is 0 Å². The molecule has 1 saturated carbocycles. The summed E-state index contributed by atoms with van der Waals surface area (Å²) in [6.45, 7) is 1.98. The molecule has 1 N–H and O–H groups in total. The minimum absolute atomic E-state index is 0.537. The molecule has 1 fully saturated rings. The van der Waals surface area contributed by atoms with Gasteiger partial charge < -0.3 is 5.11 Å². The molecule has 90 valence electrons. The van der Waals surface area contributed by atoms with Crippen LogP contribution in [0.3, 0.4) is 0 Å². The third-order valence-electron chi connectivity index (χ3n) is 3.56. The molecule has 1 aromatic heterocycles. The molecule has 1 atom stereocenters. The van der Waals surface area contributed by atoms with Crippen LogP contribution in [0.1, 0.15) is 31.7 Å². The standard InChI is InChI=1S/C15H18OS/c1-15(16,8-11-6-7-11)9-12-10-17-14-5-3-2-4-13(12)14/h2-5,10-11,16H,6-9H2,1H3. The minimum Gasteiger partial charge on any atom is -0.390 e. The Kier molecular flexibility index (Phi) is 2.72. The first-order valence-electron chi connectivity index (χ1n) is 6.31. The van der Waals surface area contributed by atoms with E-state index in [2.05, 4.69) is 29.6 Å². The predicted molar refractivity (Wildman–Crippen MR) is 73.5 cm³/mol. The zero-order valence-electron chi connectivity index (χ0n) is 10.1. The van der Waals surface area contributed by atoms with Gasteiger partial charge in [-0.3, -0.25) is 0 Å². The predicted octanol–water partition coefficient (Wildman–Crippen LogP) is 3.99. The Morgan fingerprint density at radius 1 is 1.35 bits per heavy atom. The number of hydrogen-bond donors (Lipinski definition) is 1. The minimum atomic E-state index is -0.537. The van der Waals surface area contributed by atoms with Gasteiger partial charge in [-0.05, 0) is 41.7 Å². The molecule has 0 spiro atoms. The van der Waals surface area contributed by atoms with Gasteiger partial charge in [-0.1, -0.05) is 31.0 Å². The van der Waals surface area contributed by atoms with E-state index in [-0.39, 0.29) is 0 Å². The smallest absolute Gasteiger partial charge is 0.0663 e. The van der Waals surface area contributed by atoms with Gasteiger partial charge >= 0.3 is 0 Å². The Hall–Kier alpha value is -0.860. The van der Waals surface area contributed by atoms with Crippen LogP contribution in [0.25, 0.3) is 10.1 Å². The maximum Gasteiger partial charge on any atom is 0.0663 e. The van der Waals surface area contributed by atoms with Crippen molar-refractivity contribution in [1.82, 2.24) is 0 Å². The molecule has 3 rings (SSSR count). The molecule has 1 heterocycles. The number of hydrogen-bond acceptors (Lipinski definition) is 2. The fourth-order valence-electron chi connectivity index (χ4n) is 2.60. The Bertz CT molecular complexity index is 522. The monoisotopic (exact) mass is 246 g/mol. The van der Waals surface area contributed by atoms with Gasteiger partial charge in [-0.15, -0.1) is 11.3 Å². The van der Waals surface area contributed by atoms with E-state index >= 15 is 0 Å². The van der Waals surface area contributed by atoms with Gasteiger partial charge in [0.15, 0.2) is 0 Å². The molecule has 2 heteroatoms. The molecular weight excluding hydrogens is 228 g/mol. The number of aliphatic hydroxyl groups is 1. The Morgan fingerprint density at radius 3 is 2.88 bits per heavy atom. The van der Waals surface area contributed by atoms with E-state index in [1.165, 1.54) is 28.5 Å². The van der Waals surface area contributed by atoms with E-state index in [9.17, 15) is 5.11 Å². The van der Waals surface area contributed by atoms with Gasteiger partial charge in [0.05, 0.1) is 5.60 Å². The molecular formula is C15H18OS. The summed E-state index contributed by atoms with van der Waals surface area (Å²) in [5.41, 5.74) is 0.765. The van der Waals surface area contributed by atoms with E-state index in [0.717, 1.165) is 18.8 Å². The highest BCUT2D eigenvalue weighted by Gasteiger charge is 2.32. The number of fused-ring (bicyclic) bond motifs is 1. The van der Waals surface area contributed by atoms with Gasteiger partial charge in [0.1, 0.15) is 0 Å². The summed E-state index contributed by atoms with van der Waals surface area (Å²) in [5.74, 6) is 0.773. The number of rotatable bonds is 4. The summed E-state index contributed by atoms with van der Waals surface area (Å²) in [7, 11) is 0. The van der Waals surface area contributed by atoms with E-state index in [1.807, 2.05) is 6.92 Å². The lowest BCUT2D eigenvalue weighted by Crippen LogP contribution is -2.27. The van der Waals surface area contributed by atoms with E-state index < -0.39 is 5.60 Å². The lowest BCUT2D eigenvalue weighted by atomic mass is 9.91. The van der Waals surface area contributed by atoms with Crippen LogP contribution in [-0.4, -0.2) is 10.7 Å². The molecule has 1 aromatic carbocycles. The van der Waals surface area contributed by atoms with Crippen LogP contribution in [0.4, 0.5) is 0 Å². The van der Waals surface area contributed by atoms with Crippen molar-refractivity contribution in [3.8, 4) is 0 Å². The topological polar surface area (TPSA) is 20.2 Å². The Balaban J connectivity index is 1.83. The summed E-state index contributed by atoms with van der Waals surface area (Å²) in [6, 6.07) is 8.46. The van der Waals surface area contributed by atoms with Crippen LogP contribution in [0.15, 0.2) is 29.6 Å². The average Bonchev–Trinajstić information content (AvgIpc) is 2.99. The van der Waals surface area contributed by atoms with Crippen molar-refractivity contribution in [3.63, 3.8) is 0 Å². The molecule has 1 unspecified atom stereocenters. The molecule has 1 aliphatic rings. The molecule has 0 saturated heterocycles. The molecule has 0 amide bonds. The molecule has 2 aromatic rings. The summed E-state index contributed by atoms with van der Waals surface area (Å²) in [4.78, 5) is 0. The first-order chi connectivity index (χ1) is 8.14. The SMILES string of the molecule is CC(O)(Cc1csc2ccccc12)CC1CC1. The molecule has 1 nitrogen and oxygen atoms in total. The molecule has 0 aliphatic heterocycles. The highest BCUT2D eigenvalue weighted by molar-refractivity contribution is 7.17. The zero-order valence-corrected chi connectivity index (χ0v) is 11.0. The number of thiophene rings is 1. The zero-order chi connectivity index (χ0) is 11.9. The third kappa shape index (κ3) is 2.53. The third-order valence-corrected chi connectivity index (χ3v) is 4.57. The highest BCUT2D eigenvalue weighted by Crippen LogP contribution is 2.38. The Labute approximate surface area is 106 Å². The van der Waals surface area contributed by atoms with Crippen LogP contribution >= 0.6 is 11.3 Å². The lowest BCUT2D eigenvalue weighted by molar-refractivity contribution is 0.0459. The fourth-order valence-corrected chi connectivity index (χ4v) is 3.56. The van der Waals surface area contributed by atoms with Crippen LogP contribution in [-0.2, 0) is 6.42 Å². The molecule has 0 bridgehead atoms. The van der Waals surface area contributed by atoms with Crippen molar-refractivity contribution < 1.29 is 5.11 Å². The highest BCUT2D eigenvalue weighted by atomic mass is 32.1. The summed E-state index contributed by atoms with van der Waals surface area (Å²) < 4.78 is 1.32. The normalized spacial score (nSPS) is 19.4. The van der Waals surface area contributed by atoms with Gasteiger partial charge in [0, 0.05) is 11.1 Å². The van der Waals surface area contributed by atoms with Crippen LogP contribution < -0.4 is 0 Å². The van der Waals surface area contributed by atoms with E-state index in [0.29, 0.717) is 0 Å². The summed E-state index contributed by atoms with van der Waals surface area (Å²) in [6.07, 6.45) is 4.35. The summed E-state index contributed by atoms with van der Waals surface area (Å²) in [5, 5.41) is 14.0. The second kappa shape index (κ2) is 4.11. The van der Waals surface area contributed by atoms with Gasteiger partial charge in [0.25, 0.3) is 0 Å². The van der Waals surface area contributed by atoms with Gasteiger partial charge in [0.2, 0.25) is 0 Å². The second-order valence-electron chi connectivity index (χ2n) is 5.58.